The highest BCUT2D eigenvalue weighted by Crippen LogP contribution is 2.38. The maximum absolute atomic E-state index is 12.4. The fourth-order valence-electron chi connectivity index (χ4n) is 3.79. The zero-order valence-electron chi connectivity index (χ0n) is 20.2. The van der Waals surface area contributed by atoms with E-state index >= 15 is 0 Å². The topological polar surface area (TPSA) is 109 Å². The maximum Gasteiger partial charge on any atom is 0.250 e. The van der Waals surface area contributed by atoms with Gasteiger partial charge in [-0.3, -0.25) is 24.5 Å². The van der Waals surface area contributed by atoms with Gasteiger partial charge in [0.25, 0.3) is 5.91 Å². The van der Waals surface area contributed by atoms with Crippen molar-refractivity contribution in [3.8, 4) is 0 Å². The van der Waals surface area contributed by atoms with E-state index in [1.165, 1.54) is 17.3 Å². The van der Waals surface area contributed by atoms with Gasteiger partial charge in [-0.15, -0.1) is 0 Å². The maximum atomic E-state index is 12.4. The molecular formula is C27H32N4O3. The summed E-state index contributed by atoms with van der Waals surface area (Å²) >= 11 is 0. The Labute approximate surface area is 201 Å². The van der Waals surface area contributed by atoms with Crippen LogP contribution in [0.3, 0.4) is 0 Å². The third kappa shape index (κ3) is 5.94. The van der Waals surface area contributed by atoms with Gasteiger partial charge >= 0.3 is 0 Å². The van der Waals surface area contributed by atoms with Crippen LogP contribution in [0, 0.1) is 6.92 Å². The zero-order valence-corrected chi connectivity index (χ0v) is 20.2. The van der Waals surface area contributed by atoms with Gasteiger partial charge < -0.3 is 10.8 Å². The standard InChI is InChI=1S/C19H20N2O2.C6H6N2O.C2H6/c1-4-6-13(7-5-2)18-15-9-12(3)8-14-10-16(22)21(19(14)15)17(23)11-20-18;7-6(9)5-1-3-8-4-2-5;1-2/h4-9,16,22H,1,10-11H2,2-3H3;1-4H,(H2,7,9);1-2H3/b7-5-,13-6+;;. The minimum Gasteiger partial charge on any atom is -0.373 e. The number of benzene rings is 1. The normalized spacial score (nSPS) is 16.4. The summed E-state index contributed by atoms with van der Waals surface area (Å²) in [5.41, 5.74) is 10.9. The van der Waals surface area contributed by atoms with E-state index in [9.17, 15) is 14.7 Å². The summed E-state index contributed by atoms with van der Waals surface area (Å²) in [5, 5.41) is 10.3. The van der Waals surface area contributed by atoms with E-state index in [1.54, 1.807) is 18.2 Å². The summed E-state index contributed by atoms with van der Waals surface area (Å²) in [7, 11) is 0. The predicted molar refractivity (Wildman–Crippen MR) is 137 cm³/mol. The number of hydrogen-bond acceptors (Lipinski definition) is 5. The van der Waals surface area contributed by atoms with Crippen molar-refractivity contribution in [2.75, 3.05) is 11.4 Å². The average Bonchev–Trinajstić information content (AvgIpc) is 3.08. The predicted octanol–water partition coefficient (Wildman–Crippen LogP) is 3.90. The van der Waals surface area contributed by atoms with Crippen LogP contribution in [-0.4, -0.2) is 40.4 Å². The molecule has 0 bridgehead atoms. The molecule has 1 aromatic heterocycles. The minimum absolute atomic E-state index is 0.0333. The number of amides is 2. The second-order valence-electron chi connectivity index (χ2n) is 7.39. The summed E-state index contributed by atoms with van der Waals surface area (Å²) < 4.78 is 0. The molecule has 3 N–H and O–H groups in total. The lowest BCUT2D eigenvalue weighted by molar-refractivity contribution is -0.118. The lowest BCUT2D eigenvalue weighted by Crippen LogP contribution is -2.38. The van der Waals surface area contributed by atoms with Crippen LogP contribution in [0.5, 0.6) is 0 Å². The van der Waals surface area contributed by atoms with E-state index in [0.717, 1.165) is 33.7 Å². The van der Waals surface area contributed by atoms with E-state index in [0.29, 0.717) is 12.0 Å². The number of allylic oxidation sites excluding steroid dienone is 5. The molecule has 2 aromatic rings. The molecule has 3 heterocycles. The Morgan fingerprint density at radius 2 is 1.94 bits per heavy atom. The Hall–Kier alpha value is -3.84. The van der Waals surface area contributed by atoms with Crippen LogP contribution in [0.15, 0.2) is 78.1 Å². The third-order valence-electron chi connectivity index (χ3n) is 5.05. The highest BCUT2D eigenvalue weighted by molar-refractivity contribution is 6.21. The van der Waals surface area contributed by atoms with Gasteiger partial charge in [0.1, 0.15) is 12.8 Å². The number of aliphatic imine (C=N–C) groups is 1. The average molecular weight is 461 g/mol. The van der Waals surface area contributed by atoms with E-state index in [2.05, 4.69) is 16.6 Å². The Morgan fingerprint density at radius 1 is 1.26 bits per heavy atom. The lowest BCUT2D eigenvalue weighted by Gasteiger charge is -2.21. The quantitative estimate of drug-likeness (QED) is 0.675. The van der Waals surface area contributed by atoms with E-state index in [1.807, 2.05) is 58.1 Å². The molecule has 0 spiro atoms. The molecule has 178 valence electrons. The van der Waals surface area contributed by atoms with Gasteiger partial charge in [-0.2, -0.15) is 0 Å². The number of aliphatic hydroxyl groups excluding tert-OH is 1. The smallest absolute Gasteiger partial charge is 0.250 e. The first-order valence-electron chi connectivity index (χ1n) is 11.2. The first kappa shape index (κ1) is 26.4. The molecule has 0 saturated heterocycles. The number of anilines is 1. The Balaban J connectivity index is 0.000000311. The molecule has 0 fully saturated rings. The number of carbonyl (C=O) groups excluding carboxylic acids is 2. The Bertz CT molecular complexity index is 1130. The number of pyridine rings is 1. The molecule has 0 aliphatic carbocycles. The number of hydrogen-bond donors (Lipinski definition) is 2. The summed E-state index contributed by atoms with van der Waals surface area (Å²) in [6, 6.07) is 7.21. The number of rotatable bonds is 4. The third-order valence-corrected chi connectivity index (χ3v) is 5.05. The first-order chi connectivity index (χ1) is 16.4. The van der Waals surface area contributed by atoms with Crippen LogP contribution >= 0.6 is 0 Å². The summed E-state index contributed by atoms with van der Waals surface area (Å²) in [6.45, 7) is 11.8. The van der Waals surface area contributed by atoms with E-state index in [4.69, 9.17) is 5.73 Å². The molecule has 4 rings (SSSR count). The first-order valence-corrected chi connectivity index (χ1v) is 11.2. The van der Waals surface area contributed by atoms with Gasteiger partial charge in [-0.05, 0) is 37.6 Å². The van der Waals surface area contributed by atoms with Crippen molar-refractivity contribution < 1.29 is 14.7 Å². The highest BCUT2D eigenvalue weighted by Gasteiger charge is 2.37. The largest absolute Gasteiger partial charge is 0.373 e. The van der Waals surface area contributed by atoms with Gasteiger partial charge in [0, 0.05) is 35.5 Å². The molecule has 0 saturated carbocycles. The van der Waals surface area contributed by atoms with Crippen molar-refractivity contribution in [1.82, 2.24) is 4.98 Å². The van der Waals surface area contributed by atoms with Gasteiger partial charge in [0.15, 0.2) is 0 Å². The molecule has 34 heavy (non-hydrogen) atoms. The van der Waals surface area contributed by atoms with Gasteiger partial charge in [0.2, 0.25) is 5.91 Å². The van der Waals surface area contributed by atoms with Crippen LogP contribution < -0.4 is 10.6 Å². The van der Waals surface area contributed by atoms with Crippen molar-refractivity contribution in [3.63, 3.8) is 0 Å². The Kier molecular flexibility index (Phi) is 9.64. The number of nitrogens with zero attached hydrogens (tertiary/aromatic N) is 3. The van der Waals surface area contributed by atoms with E-state index in [-0.39, 0.29) is 12.5 Å². The molecule has 1 unspecified atom stereocenters. The van der Waals surface area contributed by atoms with Crippen LogP contribution in [0.25, 0.3) is 0 Å². The molecule has 7 nitrogen and oxygen atoms in total. The Morgan fingerprint density at radius 3 is 2.50 bits per heavy atom. The SMILES string of the molecule is C=C/C=C(\C=C/C)C1=NCC(=O)N2c3c(cc(C)cc31)CC2O.CC.NC(=O)c1ccncc1. The molecule has 0 radical (unpaired) electrons. The fourth-order valence-corrected chi connectivity index (χ4v) is 3.79. The molecule has 2 aliphatic rings. The fraction of sp³-hybridized carbons (Fsp3) is 0.259. The monoisotopic (exact) mass is 460 g/mol. The number of aryl methyl sites for hydroxylation is 1. The molecule has 2 amide bonds. The number of primary amides is 1. The van der Waals surface area contributed by atoms with Gasteiger partial charge in [0.05, 0.1) is 11.4 Å². The summed E-state index contributed by atoms with van der Waals surface area (Å²) in [5.74, 6) is -0.591. The minimum atomic E-state index is -0.804. The number of carbonyl (C=O) groups is 2. The number of aliphatic hydroxyl groups is 1. The summed E-state index contributed by atoms with van der Waals surface area (Å²) in [6.07, 6.45) is 10.2. The van der Waals surface area contributed by atoms with Crippen molar-refractivity contribution in [2.45, 2.75) is 40.3 Å². The van der Waals surface area contributed by atoms with Crippen molar-refractivity contribution in [3.05, 3.63) is 95.4 Å². The van der Waals surface area contributed by atoms with Crippen LogP contribution in [0.1, 0.15) is 47.8 Å². The molecule has 2 aliphatic heterocycles. The van der Waals surface area contributed by atoms with Gasteiger partial charge in [-0.25, -0.2) is 0 Å². The van der Waals surface area contributed by atoms with Crippen LogP contribution in [0.2, 0.25) is 0 Å². The van der Waals surface area contributed by atoms with Crippen molar-refractivity contribution >= 4 is 23.2 Å². The van der Waals surface area contributed by atoms with Crippen molar-refractivity contribution in [2.24, 2.45) is 10.7 Å². The molecule has 1 atom stereocenters. The second kappa shape index (κ2) is 12.4. The number of nitrogens with two attached hydrogens (primary N) is 1. The lowest BCUT2D eigenvalue weighted by atomic mass is 9.95. The summed E-state index contributed by atoms with van der Waals surface area (Å²) in [4.78, 5) is 32.6. The molecule has 7 heteroatoms. The molecular weight excluding hydrogens is 428 g/mol. The van der Waals surface area contributed by atoms with E-state index < -0.39 is 12.1 Å². The zero-order chi connectivity index (χ0) is 25.3. The second-order valence-corrected chi connectivity index (χ2v) is 7.39. The van der Waals surface area contributed by atoms with Crippen LogP contribution in [-0.2, 0) is 11.2 Å². The van der Waals surface area contributed by atoms with Crippen LogP contribution in [0.4, 0.5) is 5.69 Å². The van der Waals surface area contributed by atoms with Crippen molar-refractivity contribution in [1.29, 1.82) is 0 Å². The molecule has 1 aromatic carbocycles. The number of aromatic nitrogens is 1. The van der Waals surface area contributed by atoms with Gasteiger partial charge in [-0.1, -0.05) is 56.4 Å². The highest BCUT2D eigenvalue weighted by atomic mass is 16.3.